The maximum Gasteiger partial charge on any atom is 0.264 e. The number of hydrogen-bond acceptors (Lipinski definition) is 4. The average Bonchev–Trinajstić information content (AvgIpc) is 2.89. The molecule has 0 spiro atoms. The standard InChI is InChI=1S/C28H31Cl2N3O4S/c1-4-16-31-28(35)21(3)32(18-22-6-5-7-24(30)17-22)27(34)19-33(25-12-8-20(2)9-13-25)38(36,37)26-14-10-23(29)11-15-26/h5-15,17,21H,4,16,18-19H2,1-3H3,(H,31,35). The van der Waals surface area contributed by atoms with Gasteiger partial charge in [0.1, 0.15) is 12.6 Å². The van der Waals surface area contributed by atoms with Crippen molar-refractivity contribution in [3.8, 4) is 0 Å². The van der Waals surface area contributed by atoms with Gasteiger partial charge in [-0.25, -0.2) is 8.42 Å². The van der Waals surface area contributed by atoms with Crippen LogP contribution < -0.4 is 9.62 Å². The van der Waals surface area contributed by atoms with E-state index in [1.54, 1.807) is 55.5 Å². The number of sulfonamides is 1. The Bertz CT molecular complexity index is 1360. The zero-order valence-corrected chi connectivity index (χ0v) is 23.9. The minimum absolute atomic E-state index is 0.00889. The van der Waals surface area contributed by atoms with Crippen molar-refractivity contribution in [3.63, 3.8) is 0 Å². The Balaban J connectivity index is 2.01. The lowest BCUT2D eigenvalue weighted by atomic mass is 10.1. The smallest absolute Gasteiger partial charge is 0.264 e. The zero-order valence-electron chi connectivity index (χ0n) is 21.5. The third-order valence-electron chi connectivity index (χ3n) is 5.96. The number of nitrogens with one attached hydrogen (secondary N) is 1. The zero-order chi connectivity index (χ0) is 27.9. The first-order chi connectivity index (χ1) is 18.0. The molecule has 3 rings (SSSR count). The van der Waals surface area contributed by atoms with Crippen LogP contribution in [0.15, 0.2) is 77.7 Å². The summed E-state index contributed by atoms with van der Waals surface area (Å²) in [6.07, 6.45) is 0.737. The van der Waals surface area contributed by atoms with E-state index in [1.807, 2.05) is 13.8 Å². The Morgan fingerprint density at radius 2 is 1.61 bits per heavy atom. The van der Waals surface area contributed by atoms with E-state index in [2.05, 4.69) is 5.32 Å². The normalized spacial score (nSPS) is 12.0. The summed E-state index contributed by atoms with van der Waals surface area (Å²) in [5.41, 5.74) is 1.97. The number of rotatable bonds is 11. The van der Waals surface area contributed by atoms with E-state index in [4.69, 9.17) is 23.2 Å². The molecule has 0 bridgehead atoms. The van der Waals surface area contributed by atoms with Crippen molar-refractivity contribution < 1.29 is 18.0 Å². The van der Waals surface area contributed by atoms with E-state index < -0.39 is 28.5 Å². The topological polar surface area (TPSA) is 86.8 Å². The Labute approximate surface area is 234 Å². The highest BCUT2D eigenvalue weighted by molar-refractivity contribution is 7.92. The molecule has 1 N–H and O–H groups in total. The highest BCUT2D eigenvalue weighted by Gasteiger charge is 2.32. The van der Waals surface area contributed by atoms with Gasteiger partial charge in [0, 0.05) is 23.1 Å². The predicted octanol–water partition coefficient (Wildman–Crippen LogP) is 5.44. The van der Waals surface area contributed by atoms with Crippen LogP contribution in [0.2, 0.25) is 10.0 Å². The highest BCUT2D eigenvalue weighted by Crippen LogP contribution is 2.26. The summed E-state index contributed by atoms with van der Waals surface area (Å²) in [5, 5.41) is 3.69. The molecule has 0 saturated heterocycles. The van der Waals surface area contributed by atoms with E-state index in [-0.39, 0.29) is 17.3 Å². The number of carbonyl (C=O) groups excluding carboxylic acids is 2. The second kappa shape index (κ2) is 13.1. The summed E-state index contributed by atoms with van der Waals surface area (Å²) in [5.74, 6) is -0.869. The van der Waals surface area contributed by atoms with Crippen LogP contribution in [0.3, 0.4) is 0 Å². The van der Waals surface area contributed by atoms with Crippen LogP contribution in [0.25, 0.3) is 0 Å². The lowest BCUT2D eigenvalue weighted by molar-refractivity contribution is -0.139. The maximum absolute atomic E-state index is 13.8. The second-order valence-electron chi connectivity index (χ2n) is 8.92. The Kier molecular flexibility index (Phi) is 10.2. The van der Waals surface area contributed by atoms with Gasteiger partial charge in [-0.15, -0.1) is 0 Å². The van der Waals surface area contributed by atoms with Crippen molar-refractivity contribution in [1.29, 1.82) is 0 Å². The van der Waals surface area contributed by atoms with E-state index >= 15 is 0 Å². The quantitative estimate of drug-likeness (QED) is 0.330. The first-order valence-corrected chi connectivity index (χ1v) is 14.4. The van der Waals surface area contributed by atoms with Crippen molar-refractivity contribution in [2.24, 2.45) is 0 Å². The summed E-state index contributed by atoms with van der Waals surface area (Å²) in [6, 6.07) is 18.7. The fourth-order valence-corrected chi connectivity index (χ4v) is 5.54. The van der Waals surface area contributed by atoms with E-state index in [0.29, 0.717) is 27.8 Å². The number of anilines is 1. The molecule has 2 amide bonds. The SMILES string of the molecule is CCCNC(=O)C(C)N(Cc1cccc(Cl)c1)C(=O)CN(c1ccc(C)cc1)S(=O)(=O)c1ccc(Cl)cc1. The van der Waals surface area contributed by atoms with Gasteiger partial charge in [0.25, 0.3) is 10.0 Å². The minimum Gasteiger partial charge on any atom is -0.354 e. The van der Waals surface area contributed by atoms with Gasteiger partial charge in [0.2, 0.25) is 11.8 Å². The van der Waals surface area contributed by atoms with Gasteiger partial charge in [0.05, 0.1) is 10.6 Å². The summed E-state index contributed by atoms with van der Waals surface area (Å²) in [6.45, 7) is 5.46. The average molecular weight is 577 g/mol. The van der Waals surface area contributed by atoms with Gasteiger partial charge >= 0.3 is 0 Å². The van der Waals surface area contributed by atoms with Crippen LogP contribution in [0.5, 0.6) is 0 Å². The molecule has 0 heterocycles. The molecule has 1 atom stereocenters. The maximum atomic E-state index is 13.8. The molecule has 0 aromatic heterocycles. The number of hydrogen-bond donors (Lipinski definition) is 1. The summed E-state index contributed by atoms with van der Waals surface area (Å²) >= 11 is 12.1. The third kappa shape index (κ3) is 7.49. The first kappa shape index (κ1) is 29.5. The molecular formula is C28H31Cl2N3O4S. The van der Waals surface area contributed by atoms with Crippen molar-refractivity contribution in [2.45, 2.75) is 44.7 Å². The molecule has 10 heteroatoms. The minimum atomic E-state index is -4.15. The molecule has 3 aromatic carbocycles. The summed E-state index contributed by atoms with van der Waals surface area (Å²) in [4.78, 5) is 28.1. The van der Waals surface area contributed by atoms with Gasteiger partial charge < -0.3 is 10.2 Å². The lowest BCUT2D eigenvalue weighted by Gasteiger charge is -2.32. The number of benzene rings is 3. The number of amides is 2. The monoisotopic (exact) mass is 575 g/mol. The van der Waals surface area contributed by atoms with Crippen molar-refractivity contribution in [2.75, 3.05) is 17.4 Å². The largest absolute Gasteiger partial charge is 0.354 e. The number of halogens is 2. The molecule has 7 nitrogen and oxygen atoms in total. The van der Waals surface area contributed by atoms with Crippen LogP contribution in [0.4, 0.5) is 5.69 Å². The fourth-order valence-electron chi connectivity index (χ4n) is 3.78. The van der Waals surface area contributed by atoms with E-state index in [9.17, 15) is 18.0 Å². The second-order valence-corrected chi connectivity index (χ2v) is 11.7. The molecule has 3 aromatic rings. The van der Waals surface area contributed by atoms with Crippen LogP contribution in [-0.2, 0) is 26.2 Å². The predicted molar refractivity (Wildman–Crippen MR) is 152 cm³/mol. The van der Waals surface area contributed by atoms with Crippen LogP contribution >= 0.6 is 23.2 Å². The molecule has 0 aliphatic carbocycles. The van der Waals surface area contributed by atoms with Crippen molar-refractivity contribution >= 4 is 50.7 Å². The molecule has 0 fully saturated rings. The molecule has 0 aliphatic heterocycles. The highest BCUT2D eigenvalue weighted by atomic mass is 35.5. The Morgan fingerprint density at radius 1 is 0.947 bits per heavy atom. The Morgan fingerprint density at radius 3 is 2.21 bits per heavy atom. The van der Waals surface area contributed by atoms with Gasteiger partial charge in [-0.2, -0.15) is 0 Å². The van der Waals surface area contributed by atoms with E-state index in [1.165, 1.54) is 29.2 Å². The number of aryl methyl sites for hydroxylation is 1. The van der Waals surface area contributed by atoms with Crippen molar-refractivity contribution in [3.05, 3.63) is 94.0 Å². The third-order valence-corrected chi connectivity index (χ3v) is 8.24. The van der Waals surface area contributed by atoms with Crippen molar-refractivity contribution in [1.82, 2.24) is 10.2 Å². The number of nitrogens with zero attached hydrogens (tertiary/aromatic N) is 2. The van der Waals surface area contributed by atoms with Crippen LogP contribution in [-0.4, -0.2) is 44.3 Å². The summed E-state index contributed by atoms with van der Waals surface area (Å²) < 4.78 is 28.6. The van der Waals surface area contributed by atoms with Gasteiger partial charge in [-0.05, 0) is 74.4 Å². The van der Waals surface area contributed by atoms with Crippen LogP contribution in [0, 0.1) is 6.92 Å². The molecule has 0 saturated carbocycles. The van der Waals surface area contributed by atoms with Gasteiger partial charge in [0.15, 0.2) is 0 Å². The number of carbonyl (C=O) groups is 2. The molecule has 202 valence electrons. The Hall–Kier alpha value is -3.07. The first-order valence-electron chi connectivity index (χ1n) is 12.2. The lowest BCUT2D eigenvalue weighted by Crippen LogP contribution is -2.51. The molecule has 1 unspecified atom stereocenters. The van der Waals surface area contributed by atoms with Gasteiger partial charge in [-0.1, -0.05) is 60.0 Å². The summed E-state index contributed by atoms with van der Waals surface area (Å²) in [7, 11) is -4.15. The van der Waals surface area contributed by atoms with Crippen LogP contribution in [0.1, 0.15) is 31.4 Å². The molecular weight excluding hydrogens is 545 g/mol. The molecule has 0 radical (unpaired) electrons. The molecule has 38 heavy (non-hydrogen) atoms. The van der Waals surface area contributed by atoms with E-state index in [0.717, 1.165) is 16.3 Å². The molecule has 0 aliphatic rings. The fraction of sp³-hybridized carbons (Fsp3) is 0.286. The van der Waals surface area contributed by atoms with Gasteiger partial charge in [-0.3, -0.25) is 13.9 Å².